The number of benzene rings is 1. The quantitative estimate of drug-likeness (QED) is 0.731. The lowest BCUT2D eigenvalue weighted by Gasteiger charge is -2.32. The number of piperidine rings is 1. The summed E-state index contributed by atoms with van der Waals surface area (Å²) in [5.74, 6) is -0.547. The molecule has 0 unspecified atom stereocenters. The number of nitrogens with one attached hydrogen (secondary N) is 1. The monoisotopic (exact) mass is 412 g/mol. The van der Waals surface area contributed by atoms with Crippen molar-refractivity contribution in [3.05, 3.63) is 35.2 Å². The lowest BCUT2D eigenvalue weighted by Crippen LogP contribution is -2.46. The number of esters is 1. The first-order valence-corrected chi connectivity index (χ1v) is 10.4. The van der Waals surface area contributed by atoms with E-state index in [0.717, 1.165) is 16.9 Å². The number of aryl methyl sites for hydroxylation is 2. The fourth-order valence-electron chi connectivity index (χ4n) is 3.51. The Morgan fingerprint density at radius 2 is 1.73 bits per heavy atom. The van der Waals surface area contributed by atoms with E-state index < -0.39 is 0 Å². The van der Waals surface area contributed by atoms with E-state index in [1.54, 1.807) is 24.0 Å². The molecule has 3 rings (SSSR count). The first-order chi connectivity index (χ1) is 14.4. The summed E-state index contributed by atoms with van der Waals surface area (Å²) < 4.78 is 4.86. The second-order valence-electron chi connectivity index (χ2n) is 7.53. The van der Waals surface area contributed by atoms with Gasteiger partial charge in [-0.2, -0.15) is 0 Å². The lowest BCUT2D eigenvalue weighted by molar-refractivity contribution is -0.145. The fraction of sp³-hybridized carbons (Fsp3) is 0.500. The van der Waals surface area contributed by atoms with Crippen molar-refractivity contribution < 1.29 is 19.1 Å². The molecule has 2 amide bonds. The summed E-state index contributed by atoms with van der Waals surface area (Å²) in [6.07, 6.45) is 1.63. The van der Waals surface area contributed by atoms with Crippen molar-refractivity contribution in [1.29, 1.82) is 0 Å². The highest BCUT2D eigenvalue weighted by molar-refractivity contribution is 5.97. The van der Waals surface area contributed by atoms with Crippen LogP contribution >= 0.6 is 0 Å². The molecule has 1 N–H and O–H groups in total. The van der Waals surface area contributed by atoms with Gasteiger partial charge in [0.25, 0.3) is 5.91 Å². The van der Waals surface area contributed by atoms with E-state index in [1.807, 2.05) is 19.9 Å². The predicted molar refractivity (Wildman–Crippen MR) is 112 cm³/mol. The number of hydrogen-bond acceptors (Lipinski definition) is 6. The van der Waals surface area contributed by atoms with Crippen molar-refractivity contribution in [2.24, 2.45) is 0 Å². The van der Waals surface area contributed by atoms with Gasteiger partial charge in [-0.1, -0.05) is 0 Å². The summed E-state index contributed by atoms with van der Waals surface area (Å²) in [6.45, 7) is 7.00. The number of hydrogen-bond donors (Lipinski definition) is 1. The largest absolute Gasteiger partial charge is 0.466 e. The summed E-state index contributed by atoms with van der Waals surface area (Å²) in [7, 11) is 0. The van der Waals surface area contributed by atoms with Crippen LogP contribution in [-0.4, -0.2) is 58.4 Å². The number of likely N-dealkylation sites (tertiary alicyclic amines) is 1. The molecule has 0 bridgehead atoms. The first-order valence-electron chi connectivity index (χ1n) is 10.4. The Kier molecular flexibility index (Phi) is 6.97. The van der Waals surface area contributed by atoms with Gasteiger partial charge in [0.2, 0.25) is 5.91 Å². The third-order valence-corrected chi connectivity index (χ3v) is 5.37. The van der Waals surface area contributed by atoms with Gasteiger partial charge in [0.05, 0.1) is 35.4 Å². The number of aromatic nitrogens is 2. The number of ether oxygens (including phenoxy) is 1. The third-order valence-electron chi connectivity index (χ3n) is 5.37. The average molecular weight is 412 g/mol. The molecule has 8 nitrogen and oxygen atoms in total. The normalized spacial score (nSPS) is 14.6. The Balaban J connectivity index is 1.51. The molecule has 0 aliphatic carbocycles. The molecular weight excluding hydrogens is 384 g/mol. The molecule has 0 saturated carbocycles. The highest BCUT2D eigenvalue weighted by atomic mass is 16.5. The second kappa shape index (κ2) is 9.65. The number of fused-ring (bicyclic) bond motifs is 1. The molecule has 30 heavy (non-hydrogen) atoms. The zero-order chi connectivity index (χ0) is 21.7. The minimum Gasteiger partial charge on any atom is -0.466 e. The van der Waals surface area contributed by atoms with Crippen LogP contribution in [0.3, 0.4) is 0 Å². The SMILES string of the molecule is CCOC(=O)CCC(=O)N1CCC(NC(=O)c2ccc3nc(C)c(C)nc3c2)CC1. The van der Waals surface area contributed by atoms with Gasteiger partial charge >= 0.3 is 5.97 Å². The predicted octanol–water partition coefficient (Wildman–Crippen LogP) is 2.31. The molecule has 2 aromatic rings. The van der Waals surface area contributed by atoms with Crippen molar-refractivity contribution in [2.45, 2.75) is 52.5 Å². The van der Waals surface area contributed by atoms with Crippen LogP contribution < -0.4 is 5.32 Å². The minimum absolute atomic E-state index is 0.00754. The Labute approximate surface area is 176 Å². The first kappa shape index (κ1) is 21.7. The van der Waals surface area contributed by atoms with Crippen molar-refractivity contribution in [2.75, 3.05) is 19.7 Å². The summed E-state index contributed by atoms with van der Waals surface area (Å²) in [6, 6.07) is 5.34. The van der Waals surface area contributed by atoms with Crippen LogP contribution in [0.15, 0.2) is 18.2 Å². The standard InChI is InChI=1S/C22H28N4O4/c1-4-30-21(28)8-7-20(27)26-11-9-17(10-12-26)25-22(29)16-5-6-18-19(13-16)24-15(3)14(2)23-18/h5-6,13,17H,4,7-12H2,1-3H3,(H,25,29). The Bertz CT molecular complexity index is 952. The highest BCUT2D eigenvalue weighted by Crippen LogP contribution is 2.16. The molecule has 0 radical (unpaired) electrons. The number of carbonyl (C=O) groups is 3. The van der Waals surface area contributed by atoms with E-state index >= 15 is 0 Å². The Morgan fingerprint density at radius 3 is 2.40 bits per heavy atom. The fourth-order valence-corrected chi connectivity index (χ4v) is 3.51. The second-order valence-corrected chi connectivity index (χ2v) is 7.53. The minimum atomic E-state index is -0.349. The number of amides is 2. The molecule has 1 aromatic heterocycles. The summed E-state index contributed by atoms with van der Waals surface area (Å²) in [4.78, 5) is 47.1. The number of rotatable bonds is 6. The van der Waals surface area contributed by atoms with Crippen molar-refractivity contribution in [3.63, 3.8) is 0 Å². The van der Waals surface area contributed by atoms with E-state index in [1.165, 1.54) is 0 Å². The van der Waals surface area contributed by atoms with E-state index in [0.29, 0.717) is 43.6 Å². The molecule has 1 aliphatic rings. The topological polar surface area (TPSA) is 101 Å². The molecular formula is C22H28N4O4. The molecule has 1 saturated heterocycles. The number of nitrogens with zero attached hydrogens (tertiary/aromatic N) is 3. The van der Waals surface area contributed by atoms with Crippen LogP contribution in [0.1, 0.15) is 54.4 Å². The Hall–Kier alpha value is -3.03. The van der Waals surface area contributed by atoms with Crippen LogP contribution in [0.2, 0.25) is 0 Å². The molecule has 2 heterocycles. The van der Waals surface area contributed by atoms with E-state index in [9.17, 15) is 14.4 Å². The van der Waals surface area contributed by atoms with Crippen LogP contribution in [0, 0.1) is 13.8 Å². The molecule has 1 aliphatic heterocycles. The van der Waals surface area contributed by atoms with E-state index in [4.69, 9.17) is 4.74 Å². The summed E-state index contributed by atoms with van der Waals surface area (Å²) in [5, 5.41) is 3.05. The molecule has 8 heteroatoms. The molecule has 0 spiro atoms. The smallest absolute Gasteiger partial charge is 0.306 e. The van der Waals surface area contributed by atoms with Gasteiger partial charge in [-0.15, -0.1) is 0 Å². The van der Waals surface area contributed by atoms with Gasteiger partial charge in [-0.3, -0.25) is 14.4 Å². The van der Waals surface area contributed by atoms with Gasteiger partial charge in [-0.25, -0.2) is 9.97 Å². The zero-order valence-corrected chi connectivity index (χ0v) is 17.7. The molecule has 160 valence electrons. The molecule has 0 atom stereocenters. The molecule has 1 fully saturated rings. The van der Waals surface area contributed by atoms with Crippen molar-refractivity contribution in [3.8, 4) is 0 Å². The maximum absolute atomic E-state index is 12.7. The maximum Gasteiger partial charge on any atom is 0.306 e. The number of carbonyl (C=O) groups excluding carboxylic acids is 3. The van der Waals surface area contributed by atoms with Gasteiger partial charge in [0, 0.05) is 31.1 Å². The average Bonchev–Trinajstić information content (AvgIpc) is 2.73. The zero-order valence-electron chi connectivity index (χ0n) is 17.7. The highest BCUT2D eigenvalue weighted by Gasteiger charge is 2.24. The summed E-state index contributed by atoms with van der Waals surface area (Å²) >= 11 is 0. The van der Waals surface area contributed by atoms with Crippen molar-refractivity contribution >= 4 is 28.8 Å². The van der Waals surface area contributed by atoms with E-state index in [2.05, 4.69) is 15.3 Å². The van der Waals surface area contributed by atoms with Crippen LogP contribution in [-0.2, 0) is 14.3 Å². The van der Waals surface area contributed by atoms with Gasteiger partial charge in [0.15, 0.2) is 0 Å². The van der Waals surface area contributed by atoms with Crippen molar-refractivity contribution in [1.82, 2.24) is 20.2 Å². The van der Waals surface area contributed by atoms with Gasteiger partial charge in [0.1, 0.15) is 0 Å². The lowest BCUT2D eigenvalue weighted by atomic mass is 10.0. The van der Waals surface area contributed by atoms with E-state index in [-0.39, 0.29) is 36.7 Å². The van der Waals surface area contributed by atoms with Gasteiger partial charge in [-0.05, 0) is 51.8 Å². The van der Waals surface area contributed by atoms with Gasteiger partial charge < -0.3 is 15.0 Å². The Morgan fingerprint density at radius 1 is 1.07 bits per heavy atom. The van der Waals surface area contributed by atoms with Crippen LogP contribution in [0.25, 0.3) is 11.0 Å². The summed E-state index contributed by atoms with van der Waals surface area (Å²) in [5.41, 5.74) is 3.74. The third kappa shape index (κ3) is 5.31. The van der Waals surface area contributed by atoms with Crippen LogP contribution in [0.4, 0.5) is 0 Å². The van der Waals surface area contributed by atoms with Crippen LogP contribution in [0.5, 0.6) is 0 Å². The maximum atomic E-state index is 12.7. The molecule has 1 aromatic carbocycles.